The second-order valence-electron chi connectivity index (χ2n) is 9.36. The fourth-order valence-corrected chi connectivity index (χ4v) is 4.21. The van der Waals surface area contributed by atoms with Crippen LogP contribution in [0.3, 0.4) is 0 Å². The van der Waals surface area contributed by atoms with Crippen LogP contribution >= 0.6 is 0 Å². The molecule has 0 spiro atoms. The molecule has 1 N–H and O–H groups in total. The Morgan fingerprint density at radius 2 is 1.84 bits per heavy atom. The minimum atomic E-state index is -0.883. The first-order valence-electron chi connectivity index (χ1n) is 13.0. The first-order chi connectivity index (χ1) is 18.4. The average molecular weight is 526 g/mol. The van der Waals surface area contributed by atoms with Gasteiger partial charge in [-0.1, -0.05) is 37.3 Å². The van der Waals surface area contributed by atoms with Crippen molar-refractivity contribution < 1.29 is 23.8 Å². The van der Waals surface area contributed by atoms with Crippen LogP contribution in [0.25, 0.3) is 11.0 Å². The number of carbonyl (C=O) groups excluding carboxylic acids is 2. The summed E-state index contributed by atoms with van der Waals surface area (Å²) in [5, 5.41) is 11.4. The fraction of sp³-hybridized carbons (Fsp3) is 0.500. The van der Waals surface area contributed by atoms with Gasteiger partial charge in [0.2, 0.25) is 11.8 Å². The van der Waals surface area contributed by atoms with Gasteiger partial charge in [0, 0.05) is 26.3 Å². The van der Waals surface area contributed by atoms with Gasteiger partial charge in [-0.15, -0.1) is 5.10 Å². The van der Waals surface area contributed by atoms with E-state index >= 15 is 0 Å². The summed E-state index contributed by atoms with van der Waals surface area (Å²) in [4.78, 5) is 29.1. The summed E-state index contributed by atoms with van der Waals surface area (Å²) in [7, 11) is 3.10. The van der Waals surface area contributed by atoms with Gasteiger partial charge in [-0.05, 0) is 55.5 Å². The number of nitrogens with zero attached hydrogens (tertiary/aromatic N) is 4. The number of benzene rings is 2. The van der Waals surface area contributed by atoms with E-state index in [2.05, 4.69) is 29.5 Å². The van der Waals surface area contributed by atoms with Crippen molar-refractivity contribution >= 4 is 22.8 Å². The number of amides is 2. The molecule has 206 valence electrons. The van der Waals surface area contributed by atoms with E-state index in [0.717, 1.165) is 11.9 Å². The molecule has 1 atom stereocenters. The molecule has 38 heavy (non-hydrogen) atoms. The van der Waals surface area contributed by atoms with Crippen LogP contribution in [-0.4, -0.2) is 72.2 Å². The van der Waals surface area contributed by atoms with E-state index in [1.807, 2.05) is 31.2 Å². The van der Waals surface area contributed by atoms with Gasteiger partial charge in [0.05, 0.1) is 19.7 Å². The molecule has 10 nitrogen and oxygen atoms in total. The Labute approximate surface area is 224 Å². The molecule has 0 aliphatic rings. The first-order valence-corrected chi connectivity index (χ1v) is 13.0. The third-order valence-electron chi connectivity index (χ3n) is 6.22. The van der Waals surface area contributed by atoms with Crippen molar-refractivity contribution in [2.75, 3.05) is 40.5 Å². The Morgan fingerprint density at radius 3 is 2.55 bits per heavy atom. The van der Waals surface area contributed by atoms with Gasteiger partial charge in [0.15, 0.2) is 11.5 Å². The van der Waals surface area contributed by atoms with E-state index in [-0.39, 0.29) is 18.4 Å². The number of rotatable bonds is 15. The molecule has 0 aliphatic carbocycles. The molecule has 3 rings (SSSR count). The highest BCUT2D eigenvalue weighted by atomic mass is 16.5. The molecule has 0 radical (unpaired) electrons. The number of fused-ring (bicyclic) bond motifs is 1. The maximum atomic E-state index is 13.9. The highest BCUT2D eigenvalue weighted by molar-refractivity contribution is 5.89. The van der Waals surface area contributed by atoms with Gasteiger partial charge in [-0.2, -0.15) is 0 Å². The van der Waals surface area contributed by atoms with Crippen molar-refractivity contribution in [2.24, 2.45) is 5.92 Å². The predicted molar refractivity (Wildman–Crippen MR) is 145 cm³/mol. The molecular weight excluding hydrogens is 486 g/mol. The topological polar surface area (TPSA) is 108 Å². The van der Waals surface area contributed by atoms with Gasteiger partial charge in [-0.25, -0.2) is 4.68 Å². The summed E-state index contributed by atoms with van der Waals surface area (Å²) in [6.07, 6.45) is 1.40. The van der Waals surface area contributed by atoms with E-state index in [1.54, 1.807) is 42.0 Å². The molecule has 0 aliphatic heterocycles. The van der Waals surface area contributed by atoms with Crippen molar-refractivity contribution in [2.45, 2.75) is 46.2 Å². The number of hydrogen-bond donors (Lipinski definition) is 1. The number of methoxy groups -OCH3 is 2. The van der Waals surface area contributed by atoms with Crippen LogP contribution in [0, 0.1) is 5.92 Å². The molecule has 10 heteroatoms. The number of ether oxygens (including phenoxy) is 3. The molecule has 1 heterocycles. The Hall–Kier alpha value is -3.66. The lowest BCUT2D eigenvalue weighted by molar-refractivity contribution is -0.141. The maximum absolute atomic E-state index is 13.9. The van der Waals surface area contributed by atoms with Crippen LogP contribution < -0.4 is 14.8 Å². The largest absolute Gasteiger partial charge is 0.493 e. The number of para-hydroxylation sites is 1. The second kappa shape index (κ2) is 14.3. The van der Waals surface area contributed by atoms with Crippen molar-refractivity contribution in [3.63, 3.8) is 0 Å². The molecule has 2 aromatic carbocycles. The van der Waals surface area contributed by atoms with Crippen LogP contribution in [0.15, 0.2) is 42.5 Å². The lowest BCUT2D eigenvalue weighted by Crippen LogP contribution is -2.46. The maximum Gasteiger partial charge on any atom is 0.247 e. The molecule has 0 saturated heterocycles. The Kier molecular flexibility index (Phi) is 10.9. The number of carbonyl (C=O) groups is 2. The third-order valence-corrected chi connectivity index (χ3v) is 6.22. The molecule has 1 unspecified atom stereocenters. The van der Waals surface area contributed by atoms with Crippen molar-refractivity contribution in [3.8, 4) is 11.5 Å². The molecule has 2 amide bonds. The summed E-state index contributed by atoms with van der Waals surface area (Å²) in [6, 6.07) is 11.9. The van der Waals surface area contributed by atoms with E-state index in [4.69, 9.17) is 14.2 Å². The molecule has 1 aromatic heterocycles. The van der Waals surface area contributed by atoms with E-state index in [1.165, 1.54) is 0 Å². The Balaban J connectivity index is 1.98. The molecule has 3 aromatic rings. The monoisotopic (exact) mass is 525 g/mol. The SMILES string of the molecule is CCOCCCN(C(=O)Cn1nnc2ccccc21)C(C(=O)NCCC(C)C)c1ccc(OC)c(OC)c1. The number of hydrogen-bond acceptors (Lipinski definition) is 7. The molecule has 0 saturated carbocycles. The quantitative estimate of drug-likeness (QED) is 0.302. The summed E-state index contributed by atoms with van der Waals surface area (Å²) >= 11 is 0. The van der Waals surface area contributed by atoms with Crippen LogP contribution in [0.4, 0.5) is 0 Å². The summed E-state index contributed by atoms with van der Waals surface area (Å²) in [5.74, 6) is 0.939. The smallest absolute Gasteiger partial charge is 0.247 e. The van der Waals surface area contributed by atoms with Crippen LogP contribution in [0.5, 0.6) is 11.5 Å². The summed E-state index contributed by atoms with van der Waals surface area (Å²) in [6.45, 7) is 7.95. The van der Waals surface area contributed by atoms with E-state index < -0.39 is 6.04 Å². The van der Waals surface area contributed by atoms with Crippen molar-refractivity contribution in [1.29, 1.82) is 0 Å². The second-order valence-corrected chi connectivity index (χ2v) is 9.36. The highest BCUT2D eigenvalue weighted by Crippen LogP contribution is 2.32. The molecular formula is C28H39N5O5. The van der Waals surface area contributed by atoms with Crippen molar-refractivity contribution in [3.05, 3.63) is 48.0 Å². The average Bonchev–Trinajstić information content (AvgIpc) is 3.32. The van der Waals surface area contributed by atoms with Gasteiger partial charge in [0.25, 0.3) is 0 Å². The van der Waals surface area contributed by atoms with Crippen LogP contribution in [-0.2, 0) is 20.9 Å². The first kappa shape index (κ1) is 28.9. The van der Waals surface area contributed by atoms with E-state index in [0.29, 0.717) is 61.2 Å². The minimum absolute atomic E-state index is 0.0573. The predicted octanol–water partition coefficient (Wildman–Crippen LogP) is 3.61. The molecule has 0 fully saturated rings. The highest BCUT2D eigenvalue weighted by Gasteiger charge is 2.32. The van der Waals surface area contributed by atoms with Gasteiger partial charge in [-0.3, -0.25) is 9.59 Å². The van der Waals surface area contributed by atoms with Gasteiger partial charge < -0.3 is 24.4 Å². The minimum Gasteiger partial charge on any atom is -0.493 e. The zero-order chi connectivity index (χ0) is 27.5. The lowest BCUT2D eigenvalue weighted by atomic mass is 10.0. The van der Waals surface area contributed by atoms with Gasteiger partial charge in [0.1, 0.15) is 18.1 Å². The zero-order valence-electron chi connectivity index (χ0n) is 23.0. The Bertz CT molecular complexity index is 1200. The Morgan fingerprint density at radius 1 is 1.08 bits per heavy atom. The normalized spacial score (nSPS) is 11.9. The standard InChI is InChI=1S/C28H39N5O5/c1-6-38-17-9-16-32(26(34)19-33-23-11-8-7-10-22(23)30-31-33)27(28(35)29-15-14-20(2)3)21-12-13-24(36-4)25(18-21)37-5/h7-8,10-13,18,20,27H,6,9,14-17,19H2,1-5H3,(H,29,35). The van der Waals surface area contributed by atoms with Crippen LogP contribution in [0.1, 0.15) is 45.2 Å². The van der Waals surface area contributed by atoms with E-state index in [9.17, 15) is 9.59 Å². The summed E-state index contributed by atoms with van der Waals surface area (Å²) in [5.41, 5.74) is 2.07. The summed E-state index contributed by atoms with van der Waals surface area (Å²) < 4.78 is 18.0. The van der Waals surface area contributed by atoms with Gasteiger partial charge >= 0.3 is 0 Å². The zero-order valence-corrected chi connectivity index (χ0v) is 23.0. The van der Waals surface area contributed by atoms with Crippen molar-refractivity contribution in [1.82, 2.24) is 25.2 Å². The number of nitrogens with one attached hydrogen (secondary N) is 1. The van der Waals surface area contributed by atoms with Crippen LogP contribution in [0.2, 0.25) is 0 Å². The fourth-order valence-electron chi connectivity index (χ4n) is 4.21. The number of aromatic nitrogens is 3. The third kappa shape index (κ3) is 7.44. The lowest BCUT2D eigenvalue weighted by Gasteiger charge is -2.32. The molecule has 0 bridgehead atoms.